The second-order valence-corrected chi connectivity index (χ2v) is 5.34. The molecule has 0 spiro atoms. The van der Waals surface area contributed by atoms with Gasteiger partial charge in [0, 0.05) is 18.6 Å². The minimum Gasteiger partial charge on any atom is -0.308 e. The zero-order valence-electron chi connectivity index (χ0n) is 9.90. The molecule has 1 fully saturated rings. The van der Waals surface area contributed by atoms with E-state index in [1.165, 1.54) is 31.5 Å². The van der Waals surface area contributed by atoms with E-state index in [0.29, 0.717) is 0 Å². The molecule has 0 aromatic rings. The highest BCUT2D eigenvalue weighted by molar-refractivity contribution is 5.01. The smallest absolute Gasteiger partial charge is 0.0202 e. The number of hydrogen-bond donors (Lipinski definition) is 1. The molecule has 1 rings (SSSR count). The zero-order valence-corrected chi connectivity index (χ0v) is 9.90. The molecule has 2 heteroatoms. The first-order valence-electron chi connectivity index (χ1n) is 5.61. The van der Waals surface area contributed by atoms with Crippen LogP contribution < -0.4 is 5.32 Å². The van der Waals surface area contributed by atoms with Crippen LogP contribution in [0.1, 0.15) is 33.6 Å². The number of nitrogens with one attached hydrogen (secondary N) is 1. The molecule has 0 aromatic carbocycles. The second kappa shape index (κ2) is 4.94. The maximum absolute atomic E-state index is 4.12. The quantitative estimate of drug-likeness (QED) is 0.692. The highest BCUT2D eigenvalue weighted by Crippen LogP contribution is 2.09. The first kappa shape index (κ1) is 11.7. The van der Waals surface area contributed by atoms with Crippen molar-refractivity contribution in [3.8, 4) is 0 Å². The number of hydrogen-bond acceptors (Lipinski definition) is 2. The predicted molar refractivity (Wildman–Crippen MR) is 62.6 cm³/mol. The van der Waals surface area contributed by atoms with Crippen molar-refractivity contribution in [2.24, 2.45) is 0 Å². The lowest BCUT2D eigenvalue weighted by Crippen LogP contribution is -2.38. The Bertz CT molecular complexity index is 185. The topological polar surface area (TPSA) is 15.3 Å². The summed E-state index contributed by atoms with van der Waals surface area (Å²) in [5.41, 5.74) is 1.51. The summed E-state index contributed by atoms with van der Waals surface area (Å²) in [6.45, 7) is 15.2. The van der Waals surface area contributed by atoms with E-state index in [1.54, 1.807) is 0 Å². The monoisotopic (exact) mass is 196 g/mol. The molecule has 1 aliphatic heterocycles. The molecule has 0 atom stereocenters. The first-order valence-corrected chi connectivity index (χ1v) is 5.61. The molecule has 2 nitrogen and oxygen atoms in total. The summed E-state index contributed by atoms with van der Waals surface area (Å²) in [4.78, 5) is 2.49. The molecule has 0 radical (unpaired) electrons. The van der Waals surface area contributed by atoms with Crippen molar-refractivity contribution >= 4 is 0 Å². The van der Waals surface area contributed by atoms with Crippen molar-refractivity contribution in [2.45, 2.75) is 39.2 Å². The Kier molecular flexibility index (Phi) is 4.14. The standard InChI is InChI=1S/C12H24N2/c1-11(9-13-12(2,3)4)10-14-7-5-6-8-14/h13H,1,5-10H2,2-4H3. The Balaban J connectivity index is 2.15. The lowest BCUT2D eigenvalue weighted by molar-refractivity contribution is 0.358. The second-order valence-electron chi connectivity index (χ2n) is 5.34. The highest BCUT2D eigenvalue weighted by Gasteiger charge is 2.13. The first-order chi connectivity index (χ1) is 6.47. The third-order valence-electron chi connectivity index (χ3n) is 2.51. The molecule has 0 aromatic heterocycles. The summed E-state index contributed by atoms with van der Waals surface area (Å²) in [6, 6.07) is 0. The summed E-state index contributed by atoms with van der Waals surface area (Å²) >= 11 is 0. The Morgan fingerprint density at radius 1 is 1.29 bits per heavy atom. The molecular formula is C12H24N2. The van der Waals surface area contributed by atoms with Crippen LogP contribution in [0.4, 0.5) is 0 Å². The molecule has 14 heavy (non-hydrogen) atoms. The maximum atomic E-state index is 4.12. The average molecular weight is 196 g/mol. The van der Waals surface area contributed by atoms with Crippen LogP contribution in [0.15, 0.2) is 12.2 Å². The molecule has 1 N–H and O–H groups in total. The largest absolute Gasteiger partial charge is 0.308 e. The van der Waals surface area contributed by atoms with Crippen molar-refractivity contribution in [1.29, 1.82) is 0 Å². The Morgan fingerprint density at radius 2 is 1.86 bits per heavy atom. The van der Waals surface area contributed by atoms with E-state index in [4.69, 9.17) is 0 Å². The fourth-order valence-corrected chi connectivity index (χ4v) is 1.70. The van der Waals surface area contributed by atoms with Crippen molar-refractivity contribution in [1.82, 2.24) is 10.2 Å². The summed E-state index contributed by atoms with van der Waals surface area (Å²) in [5.74, 6) is 0. The molecule has 1 aliphatic rings. The van der Waals surface area contributed by atoms with E-state index in [1.807, 2.05) is 0 Å². The van der Waals surface area contributed by atoms with E-state index in [-0.39, 0.29) is 5.54 Å². The Morgan fingerprint density at radius 3 is 2.36 bits per heavy atom. The third kappa shape index (κ3) is 4.77. The van der Waals surface area contributed by atoms with Crippen LogP contribution in [0, 0.1) is 0 Å². The predicted octanol–water partition coefficient (Wildman–Crippen LogP) is 2.03. The van der Waals surface area contributed by atoms with Crippen molar-refractivity contribution < 1.29 is 0 Å². The summed E-state index contributed by atoms with van der Waals surface area (Å²) in [5, 5.41) is 3.47. The Hall–Kier alpha value is -0.340. The van der Waals surface area contributed by atoms with Gasteiger partial charge in [0.25, 0.3) is 0 Å². The van der Waals surface area contributed by atoms with Gasteiger partial charge in [0.1, 0.15) is 0 Å². The number of rotatable bonds is 4. The van der Waals surface area contributed by atoms with Gasteiger partial charge in [-0.2, -0.15) is 0 Å². The van der Waals surface area contributed by atoms with Crippen LogP contribution >= 0.6 is 0 Å². The molecule has 1 saturated heterocycles. The molecule has 0 saturated carbocycles. The van der Waals surface area contributed by atoms with Gasteiger partial charge < -0.3 is 5.32 Å². The van der Waals surface area contributed by atoms with Gasteiger partial charge in [0.2, 0.25) is 0 Å². The van der Waals surface area contributed by atoms with Gasteiger partial charge in [-0.1, -0.05) is 6.58 Å². The highest BCUT2D eigenvalue weighted by atomic mass is 15.1. The van der Waals surface area contributed by atoms with Gasteiger partial charge in [-0.15, -0.1) is 0 Å². The van der Waals surface area contributed by atoms with Crippen LogP contribution in [0.25, 0.3) is 0 Å². The van der Waals surface area contributed by atoms with E-state index in [2.05, 4.69) is 37.6 Å². The van der Waals surface area contributed by atoms with Crippen molar-refractivity contribution in [2.75, 3.05) is 26.2 Å². The molecule has 0 aliphatic carbocycles. The third-order valence-corrected chi connectivity index (χ3v) is 2.51. The fourth-order valence-electron chi connectivity index (χ4n) is 1.70. The van der Waals surface area contributed by atoms with Gasteiger partial charge in [0.05, 0.1) is 0 Å². The van der Waals surface area contributed by atoms with Crippen LogP contribution in [0.3, 0.4) is 0 Å². The van der Waals surface area contributed by atoms with Crippen molar-refractivity contribution in [3.05, 3.63) is 12.2 Å². The van der Waals surface area contributed by atoms with Gasteiger partial charge in [-0.25, -0.2) is 0 Å². The molecule has 82 valence electrons. The molecule has 1 heterocycles. The van der Waals surface area contributed by atoms with Gasteiger partial charge >= 0.3 is 0 Å². The number of nitrogens with zero attached hydrogens (tertiary/aromatic N) is 1. The van der Waals surface area contributed by atoms with Gasteiger partial charge in [-0.3, -0.25) is 4.90 Å². The lowest BCUT2D eigenvalue weighted by atomic mass is 10.1. The minimum absolute atomic E-state index is 0.202. The van der Waals surface area contributed by atoms with Crippen LogP contribution in [0.5, 0.6) is 0 Å². The fraction of sp³-hybridized carbons (Fsp3) is 0.833. The van der Waals surface area contributed by atoms with Gasteiger partial charge in [0.15, 0.2) is 0 Å². The van der Waals surface area contributed by atoms with E-state index >= 15 is 0 Å². The van der Waals surface area contributed by atoms with E-state index in [9.17, 15) is 0 Å². The van der Waals surface area contributed by atoms with Crippen molar-refractivity contribution in [3.63, 3.8) is 0 Å². The SMILES string of the molecule is C=C(CNC(C)(C)C)CN1CCCC1. The zero-order chi connectivity index (χ0) is 10.6. The summed E-state index contributed by atoms with van der Waals surface area (Å²) in [6.07, 6.45) is 2.72. The Labute approximate surface area is 88.4 Å². The van der Waals surface area contributed by atoms with Gasteiger partial charge in [-0.05, 0) is 52.3 Å². The van der Waals surface area contributed by atoms with E-state index in [0.717, 1.165) is 13.1 Å². The minimum atomic E-state index is 0.202. The summed E-state index contributed by atoms with van der Waals surface area (Å²) < 4.78 is 0. The van der Waals surface area contributed by atoms with Crippen LogP contribution in [0.2, 0.25) is 0 Å². The molecular weight excluding hydrogens is 172 g/mol. The normalized spacial score (nSPS) is 18.8. The van der Waals surface area contributed by atoms with Crippen LogP contribution in [-0.4, -0.2) is 36.6 Å². The van der Waals surface area contributed by atoms with E-state index < -0.39 is 0 Å². The maximum Gasteiger partial charge on any atom is 0.0202 e. The van der Waals surface area contributed by atoms with Crippen LogP contribution in [-0.2, 0) is 0 Å². The lowest BCUT2D eigenvalue weighted by Gasteiger charge is -2.23. The molecule has 0 amide bonds. The number of likely N-dealkylation sites (tertiary alicyclic amines) is 1. The molecule has 0 bridgehead atoms. The summed E-state index contributed by atoms with van der Waals surface area (Å²) in [7, 11) is 0. The average Bonchev–Trinajstić information content (AvgIpc) is 2.52. The molecule has 0 unspecified atom stereocenters.